The van der Waals surface area contributed by atoms with E-state index in [0.717, 1.165) is 19.3 Å². The van der Waals surface area contributed by atoms with Gasteiger partial charge in [0.1, 0.15) is 0 Å². The zero-order valence-corrected chi connectivity index (χ0v) is 12.4. The van der Waals surface area contributed by atoms with Crippen LogP contribution in [0.15, 0.2) is 0 Å². The molecule has 0 aromatic carbocycles. The summed E-state index contributed by atoms with van der Waals surface area (Å²) in [5.74, 6) is 0.746. The molecule has 0 radical (unpaired) electrons. The predicted molar refractivity (Wildman–Crippen MR) is 74.4 cm³/mol. The largest absolute Gasteiger partial charge is 0.354 e. The van der Waals surface area contributed by atoms with Crippen LogP contribution in [0.25, 0.3) is 0 Å². The monoisotopic (exact) mass is 266 g/mol. The second-order valence-electron chi connectivity index (χ2n) is 6.71. The second-order valence-corrected chi connectivity index (χ2v) is 6.71. The zero-order chi connectivity index (χ0) is 14.2. The minimum absolute atomic E-state index is 0.0751. The summed E-state index contributed by atoms with van der Waals surface area (Å²) in [5, 5.41) is 5.98. The van der Waals surface area contributed by atoms with Crippen LogP contribution in [0.5, 0.6) is 0 Å². The lowest BCUT2D eigenvalue weighted by molar-refractivity contribution is -0.137. The number of hydrogen-bond acceptors (Lipinski definition) is 2. The summed E-state index contributed by atoms with van der Waals surface area (Å²) < 4.78 is 0. The molecular weight excluding hydrogens is 240 g/mol. The van der Waals surface area contributed by atoms with E-state index in [4.69, 9.17) is 0 Å². The average molecular weight is 266 g/mol. The molecule has 0 aliphatic heterocycles. The first-order chi connectivity index (χ1) is 8.90. The maximum Gasteiger partial charge on any atom is 0.224 e. The van der Waals surface area contributed by atoms with Gasteiger partial charge in [-0.25, -0.2) is 0 Å². The van der Waals surface area contributed by atoms with Gasteiger partial charge < -0.3 is 10.6 Å². The van der Waals surface area contributed by atoms with Crippen molar-refractivity contribution in [2.75, 3.05) is 0 Å². The van der Waals surface area contributed by atoms with Crippen molar-refractivity contribution in [3.05, 3.63) is 0 Å². The summed E-state index contributed by atoms with van der Waals surface area (Å²) in [5.41, 5.74) is 0. The van der Waals surface area contributed by atoms with E-state index in [0.29, 0.717) is 11.8 Å². The Bertz CT molecular complexity index is 331. The fourth-order valence-electron chi connectivity index (χ4n) is 3.81. The number of carbonyl (C=O) groups is 2. The lowest BCUT2D eigenvalue weighted by atomic mass is 9.78. The molecule has 2 fully saturated rings. The van der Waals surface area contributed by atoms with Gasteiger partial charge in [-0.2, -0.15) is 0 Å². The molecule has 0 spiro atoms. The molecule has 2 aliphatic rings. The second kappa shape index (κ2) is 5.51. The molecule has 2 bridgehead atoms. The Morgan fingerprint density at radius 3 is 1.53 bits per heavy atom. The maximum atomic E-state index is 12.4. The van der Waals surface area contributed by atoms with Crippen molar-refractivity contribution in [3.63, 3.8) is 0 Å². The smallest absolute Gasteiger partial charge is 0.224 e. The predicted octanol–water partition coefficient (Wildman–Crippen LogP) is 1.70. The first kappa shape index (κ1) is 14.4. The van der Waals surface area contributed by atoms with Crippen LogP contribution in [0, 0.1) is 23.7 Å². The summed E-state index contributed by atoms with van der Waals surface area (Å²) in [6.45, 7) is 7.87. The van der Waals surface area contributed by atoms with E-state index in [9.17, 15) is 9.59 Å². The number of rotatable bonds is 4. The van der Waals surface area contributed by atoms with Gasteiger partial charge in [0.25, 0.3) is 0 Å². The molecule has 0 heterocycles. The average Bonchev–Trinajstić information content (AvgIpc) is 2.85. The Labute approximate surface area is 115 Å². The van der Waals surface area contributed by atoms with Crippen LogP contribution in [0.3, 0.4) is 0 Å². The molecule has 2 amide bonds. The van der Waals surface area contributed by atoms with E-state index < -0.39 is 0 Å². The Morgan fingerprint density at radius 1 is 0.842 bits per heavy atom. The maximum absolute atomic E-state index is 12.4. The number of nitrogens with one attached hydrogen (secondary N) is 2. The molecule has 2 rings (SSSR count). The van der Waals surface area contributed by atoms with Gasteiger partial charge in [-0.15, -0.1) is 0 Å². The molecule has 4 nitrogen and oxygen atoms in total. The van der Waals surface area contributed by atoms with Crippen LogP contribution >= 0.6 is 0 Å². The van der Waals surface area contributed by atoms with Crippen molar-refractivity contribution in [2.45, 2.75) is 59.0 Å². The third-order valence-electron chi connectivity index (χ3n) is 4.38. The van der Waals surface area contributed by atoms with Crippen LogP contribution < -0.4 is 10.6 Å². The molecule has 2 aliphatic carbocycles. The Hall–Kier alpha value is -1.06. The third-order valence-corrected chi connectivity index (χ3v) is 4.38. The molecule has 2 saturated carbocycles. The molecule has 2 N–H and O–H groups in total. The van der Waals surface area contributed by atoms with Gasteiger partial charge in [0.2, 0.25) is 11.8 Å². The summed E-state index contributed by atoms with van der Waals surface area (Å²) in [6, 6.07) is 0.279. The van der Waals surface area contributed by atoms with Gasteiger partial charge in [-0.1, -0.05) is 0 Å². The van der Waals surface area contributed by atoms with Crippen LogP contribution in [-0.4, -0.2) is 23.9 Å². The molecule has 0 aromatic rings. The standard InChI is InChI=1S/C15H26N2O2/c1-8(2)16-14(18)12-10-5-6-11(7-10)13(12)15(19)17-9(3)4/h8-13H,5-7H2,1-4H3,(H,16,18)(H,17,19)/t10-,11+,12-,13-/m1/s1. The molecule has 0 saturated heterocycles. The number of amides is 2. The fraction of sp³-hybridized carbons (Fsp3) is 0.867. The quantitative estimate of drug-likeness (QED) is 0.813. The van der Waals surface area contributed by atoms with E-state index in [1.54, 1.807) is 0 Å². The van der Waals surface area contributed by atoms with Crippen LogP contribution in [0.2, 0.25) is 0 Å². The van der Waals surface area contributed by atoms with Crippen molar-refractivity contribution in [2.24, 2.45) is 23.7 Å². The van der Waals surface area contributed by atoms with E-state index >= 15 is 0 Å². The van der Waals surface area contributed by atoms with E-state index in [1.807, 2.05) is 27.7 Å². The normalized spacial score (nSPS) is 32.9. The van der Waals surface area contributed by atoms with Crippen molar-refractivity contribution in [1.29, 1.82) is 0 Å². The molecule has 0 aromatic heterocycles. The Balaban J connectivity index is 2.10. The fourth-order valence-corrected chi connectivity index (χ4v) is 3.81. The van der Waals surface area contributed by atoms with Crippen molar-refractivity contribution in [1.82, 2.24) is 10.6 Å². The lowest BCUT2D eigenvalue weighted by Gasteiger charge is -2.30. The third kappa shape index (κ3) is 2.93. The molecule has 0 unspecified atom stereocenters. The number of hydrogen-bond donors (Lipinski definition) is 2. The zero-order valence-electron chi connectivity index (χ0n) is 12.4. The van der Waals surface area contributed by atoms with Crippen LogP contribution in [0.1, 0.15) is 47.0 Å². The summed E-state index contributed by atoms with van der Waals surface area (Å²) in [7, 11) is 0. The topological polar surface area (TPSA) is 58.2 Å². The first-order valence-corrected chi connectivity index (χ1v) is 7.51. The molecule has 108 valence electrons. The highest BCUT2D eigenvalue weighted by Gasteiger charge is 2.53. The highest BCUT2D eigenvalue weighted by Crippen LogP contribution is 2.52. The van der Waals surface area contributed by atoms with Gasteiger partial charge in [0.15, 0.2) is 0 Å². The SMILES string of the molecule is CC(C)NC(=O)[C@@H]1[C@@H]2CC[C@@H](C2)[C@H]1C(=O)NC(C)C. The van der Waals surface area contributed by atoms with Gasteiger partial charge in [-0.05, 0) is 58.8 Å². The molecule has 4 atom stereocenters. The Morgan fingerprint density at radius 2 is 1.21 bits per heavy atom. The van der Waals surface area contributed by atoms with Crippen molar-refractivity contribution >= 4 is 11.8 Å². The number of fused-ring (bicyclic) bond motifs is 2. The Kier molecular flexibility index (Phi) is 4.16. The van der Waals surface area contributed by atoms with Gasteiger partial charge in [0.05, 0.1) is 11.8 Å². The molecule has 19 heavy (non-hydrogen) atoms. The summed E-state index contributed by atoms with van der Waals surface area (Å²) >= 11 is 0. The lowest BCUT2D eigenvalue weighted by Crippen LogP contribution is -2.47. The van der Waals surface area contributed by atoms with E-state index in [2.05, 4.69) is 10.6 Å². The minimum atomic E-state index is -0.111. The highest BCUT2D eigenvalue weighted by atomic mass is 16.2. The van der Waals surface area contributed by atoms with Gasteiger partial charge in [-0.3, -0.25) is 9.59 Å². The number of carbonyl (C=O) groups excluding carboxylic acids is 2. The van der Waals surface area contributed by atoms with Gasteiger partial charge >= 0.3 is 0 Å². The first-order valence-electron chi connectivity index (χ1n) is 7.51. The summed E-state index contributed by atoms with van der Waals surface area (Å²) in [6.07, 6.45) is 3.25. The van der Waals surface area contributed by atoms with Gasteiger partial charge in [0, 0.05) is 12.1 Å². The molecule has 4 heteroatoms. The van der Waals surface area contributed by atoms with E-state index in [1.165, 1.54) is 0 Å². The van der Waals surface area contributed by atoms with Crippen molar-refractivity contribution in [3.8, 4) is 0 Å². The minimum Gasteiger partial charge on any atom is -0.354 e. The molecular formula is C15H26N2O2. The highest BCUT2D eigenvalue weighted by molar-refractivity contribution is 5.89. The van der Waals surface area contributed by atoms with Crippen LogP contribution in [-0.2, 0) is 9.59 Å². The van der Waals surface area contributed by atoms with E-state index in [-0.39, 0.29) is 35.7 Å². The van der Waals surface area contributed by atoms with Crippen molar-refractivity contribution < 1.29 is 9.59 Å². The van der Waals surface area contributed by atoms with Crippen LogP contribution in [0.4, 0.5) is 0 Å². The summed E-state index contributed by atoms with van der Waals surface area (Å²) in [4.78, 5) is 24.7.